The van der Waals surface area contributed by atoms with Crippen LogP contribution >= 0.6 is 0 Å². The van der Waals surface area contributed by atoms with Crippen molar-refractivity contribution >= 4 is 17.7 Å². The van der Waals surface area contributed by atoms with Crippen molar-refractivity contribution in [2.24, 2.45) is 16.5 Å². The van der Waals surface area contributed by atoms with Crippen LogP contribution in [0.2, 0.25) is 0 Å². The van der Waals surface area contributed by atoms with Crippen LogP contribution in [0.1, 0.15) is 50.6 Å². The van der Waals surface area contributed by atoms with E-state index in [0.717, 1.165) is 22.4 Å². The van der Waals surface area contributed by atoms with E-state index < -0.39 is 17.8 Å². The Labute approximate surface area is 186 Å². The highest BCUT2D eigenvalue weighted by molar-refractivity contribution is 5.98. The molecule has 0 amide bonds. The van der Waals surface area contributed by atoms with Crippen LogP contribution in [0.3, 0.4) is 0 Å². The summed E-state index contributed by atoms with van der Waals surface area (Å²) in [5.41, 5.74) is 17.3. The Bertz CT molecular complexity index is 1000. The minimum absolute atomic E-state index is 0.0107. The third kappa shape index (κ3) is 5.97. The molecular weight excluding hydrogens is 416 g/mol. The molecule has 0 bridgehead atoms. The van der Waals surface area contributed by atoms with E-state index in [-0.39, 0.29) is 17.5 Å². The lowest BCUT2D eigenvalue weighted by Gasteiger charge is -2.16. The van der Waals surface area contributed by atoms with Gasteiger partial charge in [0.25, 0.3) is 0 Å². The number of rotatable bonds is 10. The second kappa shape index (κ2) is 11.1. The Kier molecular flexibility index (Phi) is 8.59. The number of aryl methyl sites for hydroxylation is 1. The molecule has 0 aliphatic heterocycles. The molecule has 1 aromatic carbocycles. The lowest BCUT2D eigenvalue weighted by molar-refractivity contribution is 0.0594. The van der Waals surface area contributed by atoms with E-state index in [0.29, 0.717) is 25.1 Å². The molecule has 0 spiro atoms. The number of carbonyl (C=O) groups is 2. The Balaban J connectivity index is 1.83. The zero-order valence-corrected chi connectivity index (χ0v) is 18.9. The van der Waals surface area contributed by atoms with Crippen LogP contribution in [0, 0.1) is 20.8 Å². The van der Waals surface area contributed by atoms with Gasteiger partial charge in [0.2, 0.25) is 11.7 Å². The molecule has 0 aliphatic rings. The van der Waals surface area contributed by atoms with Gasteiger partial charge in [-0.05, 0) is 50.8 Å². The fraction of sp³-hybridized carbons (Fsp3) is 0.429. The van der Waals surface area contributed by atoms with E-state index in [1.807, 2.05) is 26.8 Å². The number of esters is 1. The first-order valence-corrected chi connectivity index (χ1v) is 10.00. The molecule has 0 unspecified atom stereocenters. The van der Waals surface area contributed by atoms with Crippen LogP contribution in [0.4, 0.5) is 0 Å². The van der Waals surface area contributed by atoms with E-state index >= 15 is 0 Å². The van der Waals surface area contributed by atoms with Gasteiger partial charge in [-0.25, -0.2) is 9.78 Å². The van der Waals surface area contributed by atoms with Crippen molar-refractivity contribution in [3.05, 3.63) is 40.5 Å². The number of nitrogens with two attached hydrogens (primary N) is 2. The number of aromatic nitrogens is 2. The van der Waals surface area contributed by atoms with Crippen LogP contribution in [-0.2, 0) is 4.74 Å². The Hall–Kier alpha value is -3.60. The van der Waals surface area contributed by atoms with E-state index in [1.54, 1.807) is 7.11 Å². The first kappa shape index (κ1) is 24.7. The summed E-state index contributed by atoms with van der Waals surface area (Å²) in [7, 11) is 2.86. The largest absolute Gasteiger partial charge is 0.496 e. The van der Waals surface area contributed by atoms with Gasteiger partial charge in [-0.1, -0.05) is 0 Å². The number of carbonyl (C=O) groups excluding carboxylic acids is 2. The molecule has 0 saturated heterocycles. The van der Waals surface area contributed by atoms with Gasteiger partial charge in [-0.15, -0.1) is 0 Å². The molecule has 0 fully saturated rings. The number of aliphatic imine (C=N–C) groups is 1. The van der Waals surface area contributed by atoms with Gasteiger partial charge in [0.05, 0.1) is 26.5 Å². The summed E-state index contributed by atoms with van der Waals surface area (Å²) in [4.78, 5) is 40.0. The number of hydrogen-bond donors (Lipinski definition) is 4. The van der Waals surface area contributed by atoms with Crippen LogP contribution in [0.25, 0.3) is 0 Å². The first-order valence-electron chi connectivity index (χ1n) is 10.00. The predicted octanol–water partition coefficient (Wildman–Crippen LogP) is 1.32. The number of H-pyrrole nitrogens is 1. The van der Waals surface area contributed by atoms with Gasteiger partial charge >= 0.3 is 5.97 Å². The van der Waals surface area contributed by atoms with Gasteiger partial charge in [0.15, 0.2) is 11.6 Å². The van der Waals surface area contributed by atoms with E-state index in [4.69, 9.17) is 21.0 Å². The number of benzene rings is 1. The molecule has 2 rings (SSSR count). The molecular formula is C21H30N6O5. The van der Waals surface area contributed by atoms with Gasteiger partial charge < -0.3 is 30.8 Å². The molecule has 2 aromatic rings. The van der Waals surface area contributed by atoms with Crippen LogP contribution < -0.4 is 26.5 Å². The minimum Gasteiger partial charge on any atom is -0.496 e. The average molecular weight is 447 g/mol. The van der Waals surface area contributed by atoms with E-state index in [2.05, 4.69) is 25.2 Å². The number of guanidine groups is 1. The quantitative estimate of drug-likeness (QED) is 0.105. The number of nitrogens with zero attached hydrogens (tertiary/aromatic N) is 2. The normalized spacial score (nSPS) is 12.2. The molecule has 1 heterocycles. The smallest absolute Gasteiger partial charge is 0.356 e. The summed E-state index contributed by atoms with van der Waals surface area (Å²) in [6.45, 7) is 6.13. The maximum Gasteiger partial charge on any atom is 0.356 e. The van der Waals surface area contributed by atoms with E-state index in [9.17, 15) is 9.59 Å². The maximum absolute atomic E-state index is 12.3. The second-order valence-electron chi connectivity index (χ2n) is 7.20. The minimum atomic E-state index is -0.792. The summed E-state index contributed by atoms with van der Waals surface area (Å²) in [5, 5.41) is 0. The van der Waals surface area contributed by atoms with Crippen molar-refractivity contribution in [1.82, 2.24) is 15.4 Å². The topological polar surface area (TPSA) is 167 Å². The summed E-state index contributed by atoms with van der Waals surface area (Å²) in [5.74, 6) is 0.538. The molecule has 11 heteroatoms. The third-order valence-corrected chi connectivity index (χ3v) is 4.96. The maximum atomic E-state index is 12.3. The number of hydrogen-bond acceptors (Lipinski definition) is 8. The highest BCUT2D eigenvalue weighted by Crippen LogP contribution is 2.32. The van der Waals surface area contributed by atoms with Crippen molar-refractivity contribution in [1.29, 1.82) is 0 Å². The fourth-order valence-electron chi connectivity index (χ4n) is 3.00. The van der Waals surface area contributed by atoms with Crippen LogP contribution in [0.5, 0.6) is 11.5 Å². The van der Waals surface area contributed by atoms with Gasteiger partial charge in [-0.2, -0.15) is 5.48 Å². The van der Waals surface area contributed by atoms with Gasteiger partial charge in [0, 0.05) is 12.1 Å². The van der Waals surface area contributed by atoms with Crippen LogP contribution in [-0.4, -0.2) is 54.5 Å². The first-order chi connectivity index (χ1) is 15.2. The SMILES string of the molecule is COC(=O)c1cnc(C(=O)[C@@H](N)CCCN=C(N)NOc2c(C)cc(OC)c(C)c2C)[nH]1. The lowest BCUT2D eigenvalue weighted by Crippen LogP contribution is -2.35. The molecule has 0 aliphatic carbocycles. The predicted molar refractivity (Wildman–Crippen MR) is 119 cm³/mol. The van der Waals surface area contributed by atoms with Crippen LogP contribution in [0.15, 0.2) is 17.3 Å². The molecule has 32 heavy (non-hydrogen) atoms. The number of aromatic amines is 1. The standard InChI is InChI=1S/C21H30N6O5/c1-11-9-16(30-4)12(2)13(3)18(11)32-27-21(23)24-8-6-7-14(22)17(28)19-25-10-15(26-19)20(29)31-5/h9-10,14H,6-8,22H2,1-5H3,(H,25,26)(H3,23,24,27)/t14-/m0/s1. The number of ketones is 1. The van der Waals surface area contributed by atoms with Crippen molar-refractivity contribution < 1.29 is 23.9 Å². The van der Waals surface area contributed by atoms with Crippen molar-refractivity contribution in [2.45, 2.75) is 39.7 Å². The molecule has 11 nitrogen and oxygen atoms in total. The number of methoxy groups -OCH3 is 2. The molecule has 6 N–H and O–H groups in total. The number of hydroxylamine groups is 1. The monoisotopic (exact) mass is 446 g/mol. The fourth-order valence-corrected chi connectivity index (χ4v) is 3.00. The van der Waals surface area contributed by atoms with E-state index in [1.165, 1.54) is 13.3 Å². The molecule has 1 atom stereocenters. The highest BCUT2D eigenvalue weighted by atomic mass is 16.6. The molecule has 0 radical (unpaired) electrons. The summed E-state index contributed by atoms with van der Waals surface area (Å²) in [6.07, 6.45) is 2.11. The van der Waals surface area contributed by atoms with Gasteiger partial charge in [-0.3, -0.25) is 9.79 Å². The number of ether oxygens (including phenoxy) is 2. The number of imidazole rings is 1. The van der Waals surface area contributed by atoms with Crippen molar-refractivity contribution in [3.63, 3.8) is 0 Å². The Morgan fingerprint density at radius 3 is 2.62 bits per heavy atom. The number of nitrogens with one attached hydrogen (secondary N) is 2. The summed E-state index contributed by atoms with van der Waals surface area (Å²) < 4.78 is 9.92. The molecule has 0 saturated carbocycles. The van der Waals surface area contributed by atoms with Crippen molar-refractivity contribution in [2.75, 3.05) is 20.8 Å². The average Bonchev–Trinajstić information content (AvgIpc) is 3.28. The highest BCUT2D eigenvalue weighted by Gasteiger charge is 2.20. The van der Waals surface area contributed by atoms with Crippen molar-refractivity contribution in [3.8, 4) is 11.5 Å². The molecule has 1 aromatic heterocycles. The number of Topliss-reactive ketones (excluding diaryl/α,β-unsaturated/α-hetero) is 1. The summed E-state index contributed by atoms with van der Waals surface area (Å²) in [6, 6.07) is 1.10. The van der Waals surface area contributed by atoms with Gasteiger partial charge in [0.1, 0.15) is 11.4 Å². The Morgan fingerprint density at radius 1 is 1.25 bits per heavy atom. The summed E-state index contributed by atoms with van der Waals surface area (Å²) >= 11 is 0. The molecule has 174 valence electrons. The third-order valence-electron chi connectivity index (χ3n) is 4.96. The zero-order valence-electron chi connectivity index (χ0n) is 18.9. The zero-order chi connectivity index (χ0) is 23.8. The Morgan fingerprint density at radius 2 is 1.97 bits per heavy atom. The lowest BCUT2D eigenvalue weighted by atomic mass is 10.0. The second-order valence-corrected chi connectivity index (χ2v) is 7.20.